The summed E-state index contributed by atoms with van der Waals surface area (Å²) in [5.74, 6) is -0.529. The number of primary amides is 1. The lowest BCUT2D eigenvalue weighted by Crippen LogP contribution is -2.42. The van der Waals surface area contributed by atoms with Crippen molar-refractivity contribution < 1.29 is 4.79 Å². The van der Waals surface area contributed by atoms with E-state index in [-0.39, 0.29) is 6.04 Å². The molecule has 0 aliphatic heterocycles. The van der Waals surface area contributed by atoms with Crippen LogP contribution < -0.4 is 11.5 Å². The average Bonchev–Trinajstić information content (AvgIpc) is 2.49. The molecule has 0 aliphatic rings. The summed E-state index contributed by atoms with van der Waals surface area (Å²) in [4.78, 5) is 10.8. The van der Waals surface area contributed by atoms with Gasteiger partial charge >= 0.3 is 0 Å². The van der Waals surface area contributed by atoms with Gasteiger partial charge in [0, 0.05) is 6.20 Å². The van der Waals surface area contributed by atoms with Crippen LogP contribution in [0.25, 0.3) is 0 Å². The van der Waals surface area contributed by atoms with Crippen LogP contribution >= 0.6 is 15.9 Å². The highest BCUT2D eigenvalue weighted by atomic mass is 79.9. The lowest BCUT2D eigenvalue weighted by molar-refractivity contribution is -0.120. The minimum absolute atomic E-state index is 0.233. The Balaban J connectivity index is 2.78. The summed E-state index contributed by atoms with van der Waals surface area (Å²) in [6.07, 6.45) is 3.37. The summed E-state index contributed by atoms with van der Waals surface area (Å²) < 4.78 is 2.44. The maximum atomic E-state index is 10.8. The maximum absolute atomic E-state index is 10.8. The Kier molecular flexibility index (Phi) is 3.05. The van der Waals surface area contributed by atoms with Gasteiger partial charge in [-0.1, -0.05) is 0 Å². The fourth-order valence-corrected chi connectivity index (χ4v) is 1.24. The molecular formula is C7H11BrN4O. The van der Waals surface area contributed by atoms with E-state index in [1.807, 2.05) is 0 Å². The van der Waals surface area contributed by atoms with Crippen LogP contribution in [0.15, 0.2) is 16.9 Å². The largest absolute Gasteiger partial charge is 0.368 e. The number of rotatable bonds is 3. The highest BCUT2D eigenvalue weighted by Crippen LogP contribution is 2.13. The minimum Gasteiger partial charge on any atom is -0.368 e. The molecule has 1 heterocycles. The first-order valence-corrected chi connectivity index (χ1v) is 4.56. The first-order chi connectivity index (χ1) is 6.02. The maximum Gasteiger partial charge on any atom is 0.236 e. The van der Waals surface area contributed by atoms with E-state index < -0.39 is 11.9 Å². The van der Waals surface area contributed by atoms with Crippen LogP contribution in [0, 0.1) is 0 Å². The van der Waals surface area contributed by atoms with Crippen LogP contribution in [0.4, 0.5) is 0 Å². The Bertz CT molecular complexity index is 311. The van der Waals surface area contributed by atoms with Gasteiger partial charge in [-0.05, 0) is 22.9 Å². The van der Waals surface area contributed by atoms with Crippen molar-refractivity contribution in [3.63, 3.8) is 0 Å². The van der Waals surface area contributed by atoms with Crippen LogP contribution in [0.5, 0.6) is 0 Å². The SMILES string of the molecule is CC(C(N)C(N)=O)n1cc(Br)cn1. The lowest BCUT2D eigenvalue weighted by Gasteiger charge is -2.16. The van der Waals surface area contributed by atoms with E-state index in [0.29, 0.717) is 0 Å². The van der Waals surface area contributed by atoms with Gasteiger partial charge in [0.25, 0.3) is 0 Å². The van der Waals surface area contributed by atoms with Crippen molar-refractivity contribution >= 4 is 21.8 Å². The molecule has 4 N–H and O–H groups in total. The Hall–Kier alpha value is -0.880. The van der Waals surface area contributed by atoms with Crippen molar-refractivity contribution in [1.29, 1.82) is 0 Å². The van der Waals surface area contributed by atoms with Gasteiger partial charge in [-0.25, -0.2) is 0 Å². The Morgan fingerprint density at radius 1 is 1.77 bits per heavy atom. The fourth-order valence-electron chi connectivity index (χ4n) is 0.940. The summed E-state index contributed by atoms with van der Waals surface area (Å²) in [6, 6.07) is -0.949. The number of aromatic nitrogens is 2. The molecule has 1 aromatic heterocycles. The predicted molar refractivity (Wildman–Crippen MR) is 51.8 cm³/mol. The van der Waals surface area contributed by atoms with Crippen LogP contribution in [-0.4, -0.2) is 21.7 Å². The van der Waals surface area contributed by atoms with E-state index in [0.717, 1.165) is 4.47 Å². The summed E-state index contributed by atoms with van der Waals surface area (Å²) in [6.45, 7) is 1.79. The van der Waals surface area contributed by atoms with Gasteiger partial charge in [0.05, 0.1) is 16.7 Å². The highest BCUT2D eigenvalue weighted by Gasteiger charge is 2.19. The van der Waals surface area contributed by atoms with Gasteiger partial charge in [0.15, 0.2) is 0 Å². The quantitative estimate of drug-likeness (QED) is 0.789. The first-order valence-electron chi connectivity index (χ1n) is 3.77. The van der Waals surface area contributed by atoms with Crippen LogP contribution in [0.2, 0.25) is 0 Å². The molecule has 2 unspecified atom stereocenters. The van der Waals surface area contributed by atoms with Crippen LogP contribution in [0.1, 0.15) is 13.0 Å². The zero-order chi connectivity index (χ0) is 10.0. The molecule has 2 atom stereocenters. The topological polar surface area (TPSA) is 86.9 Å². The molecule has 5 nitrogen and oxygen atoms in total. The third-order valence-corrected chi connectivity index (χ3v) is 2.25. The summed E-state index contributed by atoms with van der Waals surface area (Å²) in [5, 5.41) is 4.00. The smallest absolute Gasteiger partial charge is 0.236 e. The zero-order valence-electron chi connectivity index (χ0n) is 7.14. The van der Waals surface area contributed by atoms with E-state index in [4.69, 9.17) is 11.5 Å². The van der Waals surface area contributed by atoms with Gasteiger partial charge in [-0.15, -0.1) is 0 Å². The molecule has 1 rings (SSSR count). The summed E-state index contributed by atoms with van der Waals surface area (Å²) in [7, 11) is 0. The lowest BCUT2D eigenvalue weighted by atomic mass is 10.1. The second-order valence-corrected chi connectivity index (χ2v) is 3.72. The van der Waals surface area contributed by atoms with Crippen LogP contribution in [0.3, 0.4) is 0 Å². The molecule has 1 amide bonds. The molecule has 0 radical (unpaired) electrons. The number of nitrogens with zero attached hydrogens (tertiary/aromatic N) is 2. The van der Waals surface area contributed by atoms with Gasteiger partial charge in [-0.3, -0.25) is 9.48 Å². The van der Waals surface area contributed by atoms with Gasteiger partial charge in [0.2, 0.25) is 5.91 Å². The third kappa shape index (κ3) is 2.28. The van der Waals surface area contributed by atoms with Crippen molar-refractivity contribution in [3.05, 3.63) is 16.9 Å². The zero-order valence-corrected chi connectivity index (χ0v) is 8.73. The standard InChI is InChI=1S/C7H11BrN4O/c1-4(6(9)7(10)13)12-3-5(8)2-11-12/h2-4,6H,9H2,1H3,(H2,10,13). The predicted octanol–water partition coefficient (Wildman–Crippen LogP) is 0.0192. The van der Waals surface area contributed by atoms with E-state index in [2.05, 4.69) is 21.0 Å². The van der Waals surface area contributed by atoms with E-state index in [1.54, 1.807) is 24.0 Å². The molecule has 13 heavy (non-hydrogen) atoms. The molecule has 72 valence electrons. The molecule has 0 saturated heterocycles. The number of amides is 1. The molecule has 0 aromatic carbocycles. The summed E-state index contributed by atoms with van der Waals surface area (Å²) in [5.41, 5.74) is 10.6. The Labute approximate surface area is 84.2 Å². The van der Waals surface area contributed by atoms with E-state index in [9.17, 15) is 4.79 Å². The van der Waals surface area contributed by atoms with Crippen molar-refractivity contribution in [2.24, 2.45) is 11.5 Å². The van der Waals surface area contributed by atoms with Gasteiger partial charge in [0.1, 0.15) is 6.04 Å². The number of hydrogen-bond donors (Lipinski definition) is 2. The molecule has 0 aliphatic carbocycles. The van der Waals surface area contributed by atoms with E-state index in [1.165, 1.54) is 0 Å². The normalized spacial score (nSPS) is 15.3. The van der Waals surface area contributed by atoms with Gasteiger partial charge in [-0.2, -0.15) is 5.10 Å². The molecule has 0 spiro atoms. The van der Waals surface area contributed by atoms with Crippen molar-refractivity contribution in [3.8, 4) is 0 Å². The van der Waals surface area contributed by atoms with Crippen molar-refractivity contribution in [2.75, 3.05) is 0 Å². The number of carbonyl (C=O) groups is 1. The number of carbonyl (C=O) groups excluding carboxylic acids is 1. The fraction of sp³-hybridized carbons (Fsp3) is 0.429. The van der Waals surface area contributed by atoms with E-state index >= 15 is 0 Å². The molecule has 1 aromatic rings. The Morgan fingerprint density at radius 3 is 2.77 bits per heavy atom. The highest BCUT2D eigenvalue weighted by molar-refractivity contribution is 9.10. The van der Waals surface area contributed by atoms with Crippen LogP contribution in [-0.2, 0) is 4.79 Å². The molecule has 6 heteroatoms. The minimum atomic E-state index is -0.716. The summed E-state index contributed by atoms with van der Waals surface area (Å²) >= 11 is 3.25. The molecule has 0 saturated carbocycles. The van der Waals surface area contributed by atoms with Crippen molar-refractivity contribution in [1.82, 2.24) is 9.78 Å². The van der Waals surface area contributed by atoms with Gasteiger partial charge < -0.3 is 11.5 Å². The molecule has 0 bridgehead atoms. The monoisotopic (exact) mass is 246 g/mol. The molecule has 0 fully saturated rings. The number of halogens is 1. The molecular weight excluding hydrogens is 236 g/mol. The second-order valence-electron chi connectivity index (χ2n) is 2.81. The van der Waals surface area contributed by atoms with Crippen molar-refractivity contribution in [2.45, 2.75) is 19.0 Å². The average molecular weight is 247 g/mol. The second kappa shape index (κ2) is 3.89. The Morgan fingerprint density at radius 2 is 2.38 bits per heavy atom. The third-order valence-electron chi connectivity index (χ3n) is 1.84. The number of hydrogen-bond acceptors (Lipinski definition) is 3. The first kappa shape index (κ1) is 10.2. The number of nitrogens with two attached hydrogens (primary N) is 2.